The van der Waals surface area contributed by atoms with E-state index in [1.807, 2.05) is 0 Å². The second kappa shape index (κ2) is 6.94. The Balaban J connectivity index is 2.04. The van der Waals surface area contributed by atoms with E-state index in [0.717, 1.165) is 18.2 Å². The van der Waals surface area contributed by atoms with Gasteiger partial charge in [-0.25, -0.2) is 0 Å². The van der Waals surface area contributed by atoms with Crippen LogP contribution in [-0.2, 0) is 23.8 Å². The van der Waals surface area contributed by atoms with E-state index in [0.29, 0.717) is 0 Å². The van der Waals surface area contributed by atoms with Crippen LogP contribution in [0.15, 0.2) is 53.7 Å². The predicted octanol–water partition coefficient (Wildman–Crippen LogP) is 5.15. The quantitative estimate of drug-likeness (QED) is 0.426. The van der Waals surface area contributed by atoms with Crippen LogP contribution in [0, 0.1) is 0 Å². The average Bonchev–Trinajstić information content (AvgIpc) is 2.50. The van der Waals surface area contributed by atoms with Crippen molar-refractivity contribution in [3.63, 3.8) is 0 Å². The highest BCUT2D eigenvalue weighted by Crippen LogP contribution is 2.32. The normalized spacial score (nSPS) is 12.6. The fraction of sp³-hybridized carbons (Fsp3) is 0.188. The lowest BCUT2D eigenvalue weighted by Gasteiger charge is -2.11. The zero-order valence-corrected chi connectivity index (χ0v) is 11.9. The molecule has 0 aromatic heterocycles. The molecule has 2 rings (SSSR count). The molecule has 0 saturated carbocycles. The molecule has 0 atom stereocenters. The molecule has 0 saturated heterocycles. The van der Waals surface area contributed by atoms with Crippen LogP contribution in [-0.4, -0.2) is 6.21 Å². The van der Waals surface area contributed by atoms with E-state index in [2.05, 4.69) is 11.4 Å². The van der Waals surface area contributed by atoms with Gasteiger partial charge in [-0.15, -0.1) is 0 Å². The molecule has 0 amide bonds. The third-order valence-electron chi connectivity index (χ3n) is 2.97. The number of benzene rings is 2. The van der Waals surface area contributed by atoms with Crippen LogP contribution in [0.1, 0.15) is 22.3 Å². The third-order valence-corrected chi connectivity index (χ3v) is 2.97. The van der Waals surface area contributed by atoms with Crippen molar-refractivity contribution in [1.82, 2.24) is 0 Å². The topological polar surface area (TPSA) is 21.6 Å². The monoisotopic (exact) mass is 346 g/mol. The van der Waals surface area contributed by atoms with Crippen LogP contribution in [0.2, 0.25) is 0 Å². The summed E-state index contributed by atoms with van der Waals surface area (Å²) in [5.41, 5.74) is -1.89. The van der Waals surface area contributed by atoms with Gasteiger partial charge < -0.3 is 4.84 Å². The predicted molar refractivity (Wildman–Crippen MR) is 74.2 cm³/mol. The maximum Gasteiger partial charge on any atom is 0.416 e. The molecule has 0 unspecified atom stereocenters. The summed E-state index contributed by atoms with van der Waals surface area (Å²) < 4.78 is 75.9. The molecule has 0 aliphatic heterocycles. The molecule has 0 N–H and O–H groups in total. The van der Waals surface area contributed by atoms with Crippen LogP contribution in [0.4, 0.5) is 26.3 Å². The van der Waals surface area contributed by atoms with Gasteiger partial charge in [0.05, 0.1) is 11.1 Å². The van der Waals surface area contributed by atoms with Gasteiger partial charge in [-0.05, 0) is 18.2 Å². The van der Waals surface area contributed by atoms with Crippen LogP contribution in [0.25, 0.3) is 0 Å². The Morgan fingerprint density at radius 3 is 2.25 bits per heavy atom. The minimum atomic E-state index is -4.53. The SMILES string of the molecule is FC(F)(F)c1cccc(/[C]=N\OCc2ccccc2C(F)(F)F)c1. The van der Waals surface area contributed by atoms with Gasteiger partial charge in [-0.2, -0.15) is 26.3 Å². The maximum absolute atomic E-state index is 12.8. The molecule has 0 spiro atoms. The van der Waals surface area contributed by atoms with E-state index in [-0.39, 0.29) is 11.1 Å². The van der Waals surface area contributed by atoms with E-state index < -0.39 is 30.1 Å². The summed E-state index contributed by atoms with van der Waals surface area (Å²) in [6.07, 6.45) is -6.84. The van der Waals surface area contributed by atoms with E-state index in [1.165, 1.54) is 30.3 Å². The van der Waals surface area contributed by atoms with Crippen molar-refractivity contribution < 1.29 is 31.2 Å². The zero-order chi connectivity index (χ0) is 17.8. The molecule has 2 aromatic rings. The number of hydrogen-bond donors (Lipinski definition) is 0. The largest absolute Gasteiger partial charge is 0.416 e. The van der Waals surface area contributed by atoms with Crippen molar-refractivity contribution >= 4 is 6.21 Å². The van der Waals surface area contributed by atoms with E-state index in [9.17, 15) is 26.3 Å². The standard InChI is InChI=1S/C16H10F6NO/c17-15(18,19)13-6-3-4-11(8-13)9-23-24-10-12-5-1-2-7-14(12)16(20,21)22/h1-8H,10H2. The van der Waals surface area contributed by atoms with E-state index in [4.69, 9.17) is 4.84 Å². The second-order valence-corrected chi connectivity index (χ2v) is 4.71. The summed E-state index contributed by atoms with van der Waals surface area (Å²) >= 11 is 0. The smallest absolute Gasteiger partial charge is 0.390 e. The van der Waals surface area contributed by atoms with Crippen LogP contribution < -0.4 is 0 Å². The van der Waals surface area contributed by atoms with Gasteiger partial charge >= 0.3 is 12.4 Å². The van der Waals surface area contributed by atoms with E-state index in [1.54, 1.807) is 0 Å². The number of alkyl halides is 6. The molecule has 0 fully saturated rings. The third kappa shape index (κ3) is 4.74. The van der Waals surface area contributed by atoms with Crippen molar-refractivity contribution in [2.45, 2.75) is 19.0 Å². The van der Waals surface area contributed by atoms with Gasteiger partial charge in [0.25, 0.3) is 0 Å². The first-order valence-corrected chi connectivity index (χ1v) is 6.58. The summed E-state index contributed by atoms with van der Waals surface area (Å²) in [6, 6.07) is 8.94. The molecule has 0 aliphatic carbocycles. The van der Waals surface area contributed by atoms with Gasteiger partial charge in [0, 0.05) is 11.1 Å². The maximum atomic E-state index is 12.8. The van der Waals surface area contributed by atoms with E-state index >= 15 is 0 Å². The lowest BCUT2D eigenvalue weighted by molar-refractivity contribution is -0.139. The Morgan fingerprint density at radius 2 is 1.58 bits per heavy atom. The summed E-state index contributed by atoms with van der Waals surface area (Å²) in [5.74, 6) is 0. The molecular formula is C16H10F6NO. The summed E-state index contributed by atoms with van der Waals surface area (Å²) in [4.78, 5) is 4.72. The Bertz CT molecular complexity index is 721. The van der Waals surface area contributed by atoms with Gasteiger partial charge in [0.1, 0.15) is 12.8 Å². The van der Waals surface area contributed by atoms with Gasteiger partial charge in [-0.3, -0.25) is 0 Å². The lowest BCUT2D eigenvalue weighted by atomic mass is 10.1. The van der Waals surface area contributed by atoms with Crippen LogP contribution in [0.3, 0.4) is 0 Å². The second-order valence-electron chi connectivity index (χ2n) is 4.71. The Morgan fingerprint density at radius 1 is 0.875 bits per heavy atom. The highest BCUT2D eigenvalue weighted by atomic mass is 19.4. The molecule has 2 nitrogen and oxygen atoms in total. The average molecular weight is 346 g/mol. The number of hydrogen-bond acceptors (Lipinski definition) is 2. The molecule has 127 valence electrons. The van der Waals surface area contributed by atoms with Crippen molar-refractivity contribution in [2.75, 3.05) is 0 Å². The lowest BCUT2D eigenvalue weighted by Crippen LogP contribution is -2.09. The van der Waals surface area contributed by atoms with Crippen molar-refractivity contribution in [3.8, 4) is 0 Å². The van der Waals surface area contributed by atoms with Crippen molar-refractivity contribution in [2.24, 2.45) is 5.16 Å². The molecule has 24 heavy (non-hydrogen) atoms. The highest BCUT2D eigenvalue weighted by molar-refractivity contribution is 5.79. The molecule has 0 bridgehead atoms. The Kier molecular flexibility index (Phi) is 5.16. The summed E-state index contributed by atoms with van der Waals surface area (Å²) in [7, 11) is 0. The van der Waals surface area contributed by atoms with Crippen molar-refractivity contribution in [1.29, 1.82) is 0 Å². The Labute approximate surface area is 133 Å². The summed E-state index contributed by atoms with van der Waals surface area (Å²) in [5, 5.41) is 3.30. The fourth-order valence-corrected chi connectivity index (χ4v) is 1.87. The number of nitrogens with zero attached hydrogens (tertiary/aromatic N) is 1. The fourth-order valence-electron chi connectivity index (χ4n) is 1.87. The summed E-state index contributed by atoms with van der Waals surface area (Å²) in [6.45, 7) is -0.484. The molecule has 2 aromatic carbocycles. The first-order chi connectivity index (χ1) is 11.2. The van der Waals surface area contributed by atoms with Crippen LogP contribution in [0.5, 0.6) is 0 Å². The zero-order valence-electron chi connectivity index (χ0n) is 11.9. The molecular weight excluding hydrogens is 336 g/mol. The van der Waals surface area contributed by atoms with Crippen LogP contribution >= 0.6 is 0 Å². The minimum Gasteiger partial charge on any atom is -0.390 e. The molecule has 8 heteroatoms. The first-order valence-electron chi connectivity index (χ1n) is 6.58. The molecule has 0 aliphatic rings. The van der Waals surface area contributed by atoms with Gasteiger partial charge in [0.15, 0.2) is 0 Å². The molecule has 0 heterocycles. The number of halogens is 6. The minimum absolute atomic E-state index is 0.00562. The first kappa shape index (κ1) is 17.8. The Hall–Kier alpha value is -2.51. The van der Waals surface area contributed by atoms with Crippen molar-refractivity contribution in [3.05, 3.63) is 70.8 Å². The highest BCUT2D eigenvalue weighted by Gasteiger charge is 2.33. The molecule has 1 radical (unpaired) electrons. The number of rotatable bonds is 4. The van der Waals surface area contributed by atoms with Gasteiger partial charge in [-0.1, -0.05) is 35.5 Å². The van der Waals surface area contributed by atoms with Gasteiger partial charge in [0.2, 0.25) is 0 Å².